The second-order valence-electron chi connectivity index (χ2n) is 9.31. The minimum Gasteiger partial charge on any atom is -0.394 e. The van der Waals surface area contributed by atoms with Crippen molar-refractivity contribution in [2.45, 2.75) is 148 Å². The van der Waals surface area contributed by atoms with Gasteiger partial charge in [0.25, 0.3) is 0 Å². The molecule has 0 aromatic rings. The van der Waals surface area contributed by atoms with Crippen molar-refractivity contribution in [3.8, 4) is 0 Å². The number of Topliss-reactive ketones (excluding diaryl/α,β-unsaturated/α-hetero) is 2. The maximum atomic E-state index is 13.3. The summed E-state index contributed by atoms with van der Waals surface area (Å²) in [5, 5.41) is 19.1. The fraction of sp³-hybridized carbons (Fsp3) is 0.926. The zero-order valence-corrected chi connectivity index (χ0v) is 21.3. The summed E-state index contributed by atoms with van der Waals surface area (Å²) in [5.74, 6) is -0.283. The van der Waals surface area contributed by atoms with Crippen LogP contribution in [0.25, 0.3) is 0 Å². The van der Waals surface area contributed by atoms with E-state index >= 15 is 0 Å². The van der Waals surface area contributed by atoms with Crippen molar-refractivity contribution in [2.24, 2.45) is 0 Å². The molecule has 0 aromatic heterocycles. The minimum absolute atomic E-state index is 0.142. The van der Waals surface area contributed by atoms with Gasteiger partial charge in [-0.25, -0.2) is 0 Å². The van der Waals surface area contributed by atoms with Crippen molar-refractivity contribution in [3.63, 3.8) is 0 Å². The van der Waals surface area contributed by atoms with Crippen LogP contribution in [0.15, 0.2) is 0 Å². The van der Waals surface area contributed by atoms with Gasteiger partial charge in [-0.3, -0.25) is 9.59 Å². The first-order chi connectivity index (χ1) is 15.5. The molecule has 2 N–H and O–H groups in total. The molecular formula is C27H52O5. The topological polar surface area (TPSA) is 83.8 Å². The maximum absolute atomic E-state index is 13.3. The van der Waals surface area contributed by atoms with E-state index in [9.17, 15) is 19.8 Å². The van der Waals surface area contributed by atoms with Crippen LogP contribution in [0.2, 0.25) is 0 Å². The fourth-order valence-corrected chi connectivity index (χ4v) is 4.12. The number of ether oxygens (including phenoxy) is 1. The highest BCUT2D eigenvalue weighted by Crippen LogP contribution is 2.28. The van der Waals surface area contributed by atoms with Gasteiger partial charge in [0.1, 0.15) is 6.10 Å². The number of carbonyl (C=O) groups is 2. The van der Waals surface area contributed by atoms with Crippen molar-refractivity contribution >= 4 is 11.6 Å². The van der Waals surface area contributed by atoms with E-state index in [1.165, 1.54) is 38.5 Å². The molecule has 1 atom stereocenters. The first kappa shape index (κ1) is 31.2. The van der Waals surface area contributed by atoms with Gasteiger partial charge in [-0.05, 0) is 25.7 Å². The summed E-state index contributed by atoms with van der Waals surface area (Å²) >= 11 is 0. The molecule has 0 bridgehead atoms. The van der Waals surface area contributed by atoms with Gasteiger partial charge >= 0.3 is 0 Å². The Labute approximate surface area is 197 Å². The van der Waals surface area contributed by atoms with E-state index in [1.807, 2.05) is 0 Å². The van der Waals surface area contributed by atoms with Crippen LogP contribution in [0.1, 0.15) is 136 Å². The van der Waals surface area contributed by atoms with Crippen LogP contribution in [0.5, 0.6) is 0 Å². The maximum Gasteiger partial charge on any atom is 0.184 e. The van der Waals surface area contributed by atoms with Gasteiger partial charge < -0.3 is 14.9 Å². The number of hydrogen-bond acceptors (Lipinski definition) is 5. The molecule has 0 spiro atoms. The normalized spacial score (nSPS) is 12.8. The minimum atomic E-state index is -1.46. The fourth-order valence-electron chi connectivity index (χ4n) is 4.12. The predicted molar refractivity (Wildman–Crippen MR) is 132 cm³/mol. The summed E-state index contributed by atoms with van der Waals surface area (Å²) in [7, 11) is 0. The van der Waals surface area contributed by atoms with Crippen molar-refractivity contribution in [1.29, 1.82) is 0 Å². The standard InChI is InChI=1S/C27H52O5/c1-4-7-10-11-12-13-14-15-18-21-27(32-23-24(29)22-28,25(30)19-16-8-5-2)26(31)20-17-9-6-3/h24,28-29H,4-23H2,1-3H3. The molecule has 32 heavy (non-hydrogen) atoms. The van der Waals surface area contributed by atoms with Crippen LogP contribution >= 0.6 is 0 Å². The molecule has 5 nitrogen and oxygen atoms in total. The third-order valence-corrected chi connectivity index (χ3v) is 6.28. The van der Waals surface area contributed by atoms with Crippen molar-refractivity contribution in [1.82, 2.24) is 0 Å². The molecular weight excluding hydrogens is 404 g/mol. The molecule has 1 unspecified atom stereocenters. The summed E-state index contributed by atoms with van der Waals surface area (Å²) in [6, 6.07) is 0. The Kier molecular flexibility index (Phi) is 20.3. The Morgan fingerprint density at radius 2 is 1.09 bits per heavy atom. The monoisotopic (exact) mass is 456 g/mol. The smallest absolute Gasteiger partial charge is 0.184 e. The first-order valence-electron chi connectivity index (χ1n) is 13.5. The summed E-state index contributed by atoms with van der Waals surface area (Å²) < 4.78 is 5.93. The summed E-state index contributed by atoms with van der Waals surface area (Å²) in [6.45, 7) is 5.77. The number of unbranched alkanes of at least 4 members (excludes halogenated alkanes) is 12. The zero-order valence-electron chi connectivity index (χ0n) is 21.3. The van der Waals surface area contributed by atoms with Crippen LogP contribution < -0.4 is 0 Å². The number of hydrogen-bond donors (Lipinski definition) is 2. The van der Waals surface area contributed by atoms with Crippen LogP contribution in [0.4, 0.5) is 0 Å². The van der Waals surface area contributed by atoms with Crippen molar-refractivity contribution in [2.75, 3.05) is 13.2 Å². The lowest BCUT2D eigenvalue weighted by atomic mass is 9.82. The van der Waals surface area contributed by atoms with Gasteiger partial charge in [-0.15, -0.1) is 0 Å². The number of carbonyl (C=O) groups excluding carboxylic acids is 2. The summed E-state index contributed by atoms with van der Waals surface area (Å²) in [4.78, 5) is 26.6. The van der Waals surface area contributed by atoms with E-state index in [0.717, 1.165) is 57.8 Å². The molecule has 0 aliphatic carbocycles. The molecule has 5 heteroatoms. The van der Waals surface area contributed by atoms with Crippen molar-refractivity contribution < 1.29 is 24.5 Å². The van der Waals surface area contributed by atoms with Crippen molar-refractivity contribution in [3.05, 3.63) is 0 Å². The lowest BCUT2D eigenvalue weighted by Crippen LogP contribution is -2.50. The van der Waals surface area contributed by atoms with Crippen LogP contribution in [0, 0.1) is 0 Å². The van der Waals surface area contributed by atoms with Crippen LogP contribution in [0.3, 0.4) is 0 Å². The van der Waals surface area contributed by atoms with E-state index < -0.39 is 18.3 Å². The number of ketones is 2. The second-order valence-corrected chi connectivity index (χ2v) is 9.31. The summed E-state index contributed by atoms with van der Waals surface area (Å²) in [5.41, 5.74) is -1.46. The zero-order chi connectivity index (χ0) is 24.1. The molecule has 0 heterocycles. The number of aliphatic hydroxyl groups is 2. The van der Waals surface area contributed by atoms with Gasteiger partial charge in [-0.1, -0.05) is 97.8 Å². The summed E-state index contributed by atoms with van der Waals surface area (Å²) in [6.07, 6.45) is 15.8. The Morgan fingerprint density at radius 3 is 1.53 bits per heavy atom. The highest BCUT2D eigenvalue weighted by atomic mass is 16.5. The van der Waals surface area contributed by atoms with Crippen LogP contribution in [-0.2, 0) is 14.3 Å². The Bertz CT molecular complexity index is 441. The number of rotatable bonds is 24. The van der Waals surface area contributed by atoms with E-state index in [4.69, 9.17) is 4.74 Å². The molecule has 0 fully saturated rings. The molecule has 0 saturated heterocycles. The van der Waals surface area contributed by atoms with E-state index in [2.05, 4.69) is 20.8 Å². The quantitative estimate of drug-likeness (QED) is 0.131. The van der Waals surface area contributed by atoms with E-state index in [-0.39, 0.29) is 18.2 Å². The molecule has 190 valence electrons. The molecule has 0 rings (SSSR count). The molecule has 0 amide bonds. The first-order valence-corrected chi connectivity index (χ1v) is 13.5. The third-order valence-electron chi connectivity index (χ3n) is 6.28. The largest absolute Gasteiger partial charge is 0.394 e. The molecule has 0 aliphatic rings. The Balaban J connectivity index is 5.08. The predicted octanol–water partition coefficient (Wildman–Crippen LogP) is 6.31. The van der Waals surface area contributed by atoms with Gasteiger partial charge in [0.05, 0.1) is 13.2 Å². The van der Waals surface area contributed by atoms with Gasteiger partial charge in [-0.2, -0.15) is 0 Å². The van der Waals surface area contributed by atoms with Gasteiger partial charge in [0.2, 0.25) is 0 Å². The molecule has 0 saturated carbocycles. The Morgan fingerprint density at radius 1 is 0.688 bits per heavy atom. The van der Waals surface area contributed by atoms with Gasteiger partial charge in [0, 0.05) is 12.8 Å². The molecule has 0 aromatic carbocycles. The average molecular weight is 457 g/mol. The van der Waals surface area contributed by atoms with E-state index in [0.29, 0.717) is 19.3 Å². The molecule has 0 radical (unpaired) electrons. The SMILES string of the molecule is CCCCCCCCCCCC(OCC(O)CO)(C(=O)CCCCC)C(=O)CCCCC. The third kappa shape index (κ3) is 13.7. The highest BCUT2D eigenvalue weighted by molar-refractivity contribution is 6.10. The number of aliphatic hydroxyl groups excluding tert-OH is 2. The lowest BCUT2D eigenvalue weighted by molar-refractivity contribution is -0.164. The van der Waals surface area contributed by atoms with Gasteiger partial charge in [0.15, 0.2) is 17.2 Å². The van der Waals surface area contributed by atoms with Crippen LogP contribution in [-0.4, -0.2) is 46.7 Å². The Hall–Kier alpha value is -0.780. The van der Waals surface area contributed by atoms with E-state index in [1.54, 1.807) is 0 Å². The second kappa shape index (κ2) is 20.8. The molecule has 0 aliphatic heterocycles. The average Bonchev–Trinajstić information content (AvgIpc) is 2.79. The lowest BCUT2D eigenvalue weighted by Gasteiger charge is -2.32. The highest BCUT2D eigenvalue weighted by Gasteiger charge is 2.45.